The van der Waals surface area contributed by atoms with Crippen molar-refractivity contribution in [3.05, 3.63) is 35.9 Å². The molecule has 1 unspecified atom stereocenters. The third kappa shape index (κ3) is 4.13. The van der Waals surface area contributed by atoms with Gasteiger partial charge < -0.3 is 9.53 Å². The molecule has 0 aromatic heterocycles. The predicted molar refractivity (Wildman–Crippen MR) is 56.6 cm³/mol. The maximum Gasteiger partial charge on any atom is 0.324 e. The Morgan fingerprint density at radius 1 is 1.40 bits per heavy atom. The summed E-state index contributed by atoms with van der Waals surface area (Å²) in [5.41, 5.74) is 0.890. The summed E-state index contributed by atoms with van der Waals surface area (Å²) in [6.07, 6.45) is 0.580. The van der Waals surface area contributed by atoms with E-state index >= 15 is 0 Å². The average molecular weight is 227 g/mol. The van der Waals surface area contributed by atoms with Crippen LogP contribution in [0.5, 0.6) is 0 Å². The molecule has 15 heavy (non-hydrogen) atoms. The lowest BCUT2D eigenvalue weighted by Gasteiger charge is -2.07. The Bertz CT molecular complexity index is 324. The van der Waals surface area contributed by atoms with Crippen molar-refractivity contribution >= 4 is 23.9 Å². The van der Waals surface area contributed by atoms with E-state index in [0.717, 1.165) is 5.56 Å². The maximum atomic E-state index is 11.2. The van der Waals surface area contributed by atoms with Crippen LogP contribution < -0.4 is 0 Å². The molecule has 0 radical (unpaired) electrons. The number of aldehydes is 1. The summed E-state index contributed by atoms with van der Waals surface area (Å²) in [5.74, 6) is -0.562. The largest absolute Gasteiger partial charge is 0.460 e. The van der Waals surface area contributed by atoms with Gasteiger partial charge in [0.15, 0.2) is 0 Å². The minimum absolute atomic E-state index is 0.0187. The first-order valence-corrected chi connectivity index (χ1v) is 4.96. The van der Waals surface area contributed by atoms with E-state index in [4.69, 9.17) is 16.3 Å². The Morgan fingerprint density at radius 2 is 2.07 bits per heavy atom. The molecule has 0 spiro atoms. The quantitative estimate of drug-likeness (QED) is 0.438. The van der Waals surface area contributed by atoms with Crippen LogP contribution in [-0.2, 0) is 20.9 Å². The normalized spacial score (nSPS) is 11.8. The molecule has 0 aliphatic carbocycles. The topological polar surface area (TPSA) is 43.4 Å². The first-order valence-electron chi connectivity index (χ1n) is 4.52. The highest BCUT2D eigenvalue weighted by atomic mass is 35.5. The fraction of sp³-hybridized carbons (Fsp3) is 0.273. The molecule has 3 nitrogen and oxygen atoms in total. The molecule has 1 aromatic rings. The summed E-state index contributed by atoms with van der Waals surface area (Å²) >= 11 is 5.59. The van der Waals surface area contributed by atoms with E-state index in [1.807, 2.05) is 30.3 Å². The van der Waals surface area contributed by atoms with Crippen LogP contribution in [-0.4, -0.2) is 17.6 Å². The second-order valence-corrected chi connectivity index (χ2v) is 3.49. The Balaban J connectivity index is 2.37. The maximum absolute atomic E-state index is 11.2. The van der Waals surface area contributed by atoms with E-state index in [-0.39, 0.29) is 13.0 Å². The van der Waals surface area contributed by atoms with Gasteiger partial charge in [-0.2, -0.15) is 0 Å². The van der Waals surface area contributed by atoms with Gasteiger partial charge in [-0.15, -0.1) is 11.6 Å². The highest BCUT2D eigenvalue weighted by Crippen LogP contribution is 2.06. The summed E-state index contributed by atoms with van der Waals surface area (Å²) in [6.45, 7) is 0.182. The third-order valence-electron chi connectivity index (χ3n) is 1.78. The van der Waals surface area contributed by atoms with Crippen LogP contribution in [0.3, 0.4) is 0 Å². The molecule has 0 bridgehead atoms. The lowest BCUT2D eigenvalue weighted by Crippen LogP contribution is -2.18. The lowest BCUT2D eigenvalue weighted by atomic mass is 10.2. The molecule has 0 heterocycles. The number of carbonyl (C=O) groups excluding carboxylic acids is 2. The minimum Gasteiger partial charge on any atom is -0.460 e. The lowest BCUT2D eigenvalue weighted by molar-refractivity contribution is -0.145. The molecule has 0 aliphatic rings. The highest BCUT2D eigenvalue weighted by molar-refractivity contribution is 6.30. The molecule has 0 saturated carbocycles. The van der Waals surface area contributed by atoms with Gasteiger partial charge in [-0.05, 0) is 5.56 Å². The number of hydrogen-bond donors (Lipinski definition) is 0. The van der Waals surface area contributed by atoms with Gasteiger partial charge in [-0.1, -0.05) is 30.3 Å². The minimum atomic E-state index is -0.883. The second kappa shape index (κ2) is 6.19. The summed E-state index contributed by atoms with van der Waals surface area (Å²) in [6, 6.07) is 9.27. The molecule has 0 aliphatic heterocycles. The number of benzene rings is 1. The van der Waals surface area contributed by atoms with E-state index in [9.17, 15) is 9.59 Å². The number of esters is 1. The van der Waals surface area contributed by atoms with Crippen LogP contribution in [0.15, 0.2) is 30.3 Å². The summed E-state index contributed by atoms with van der Waals surface area (Å²) in [5, 5.41) is -0.883. The number of carbonyl (C=O) groups is 2. The molecule has 1 aromatic carbocycles. The highest BCUT2D eigenvalue weighted by Gasteiger charge is 2.15. The number of halogens is 1. The fourth-order valence-corrected chi connectivity index (χ4v) is 1.14. The number of alkyl halides is 1. The smallest absolute Gasteiger partial charge is 0.324 e. The molecule has 1 atom stereocenters. The van der Waals surface area contributed by atoms with Crippen molar-refractivity contribution in [2.45, 2.75) is 18.4 Å². The second-order valence-electron chi connectivity index (χ2n) is 2.96. The van der Waals surface area contributed by atoms with Gasteiger partial charge in [-0.25, -0.2) is 0 Å². The van der Waals surface area contributed by atoms with Crippen LogP contribution in [0.1, 0.15) is 12.0 Å². The van der Waals surface area contributed by atoms with E-state index in [1.165, 1.54) is 0 Å². The van der Waals surface area contributed by atoms with Crippen LogP contribution in [0.25, 0.3) is 0 Å². The Morgan fingerprint density at radius 3 is 2.67 bits per heavy atom. The van der Waals surface area contributed by atoms with Crippen LogP contribution in [0.4, 0.5) is 0 Å². The van der Waals surface area contributed by atoms with E-state index in [0.29, 0.717) is 6.29 Å². The van der Waals surface area contributed by atoms with Gasteiger partial charge in [0.1, 0.15) is 18.3 Å². The van der Waals surface area contributed by atoms with Crippen LogP contribution >= 0.6 is 11.6 Å². The third-order valence-corrected chi connectivity index (χ3v) is 2.14. The van der Waals surface area contributed by atoms with Crippen molar-refractivity contribution in [2.75, 3.05) is 0 Å². The first kappa shape index (κ1) is 11.7. The van der Waals surface area contributed by atoms with Gasteiger partial charge in [0.25, 0.3) is 0 Å². The Labute approximate surface area is 93.0 Å². The van der Waals surface area contributed by atoms with E-state index in [2.05, 4.69) is 0 Å². The summed E-state index contributed by atoms with van der Waals surface area (Å²) in [7, 11) is 0. The molecular formula is C11H11ClO3. The summed E-state index contributed by atoms with van der Waals surface area (Å²) in [4.78, 5) is 21.3. The molecule has 4 heteroatoms. The van der Waals surface area contributed by atoms with Crippen LogP contribution in [0, 0.1) is 0 Å². The molecule has 0 saturated heterocycles. The van der Waals surface area contributed by atoms with E-state index < -0.39 is 11.3 Å². The van der Waals surface area contributed by atoms with Crippen molar-refractivity contribution in [3.63, 3.8) is 0 Å². The predicted octanol–water partition coefficient (Wildman–Crippen LogP) is 1.93. The monoisotopic (exact) mass is 226 g/mol. The van der Waals surface area contributed by atoms with Gasteiger partial charge in [0, 0.05) is 6.42 Å². The van der Waals surface area contributed by atoms with E-state index in [1.54, 1.807) is 0 Å². The molecule has 0 fully saturated rings. The first-order chi connectivity index (χ1) is 7.24. The summed E-state index contributed by atoms with van der Waals surface area (Å²) < 4.78 is 4.91. The van der Waals surface area contributed by atoms with Gasteiger partial charge in [-0.3, -0.25) is 4.79 Å². The van der Waals surface area contributed by atoms with Gasteiger partial charge in [0.05, 0.1) is 0 Å². The van der Waals surface area contributed by atoms with Crippen molar-refractivity contribution in [3.8, 4) is 0 Å². The molecular weight excluding hydrogens is 216 g/mol. The molecule has 0 N–H and O–H groups in total. The Hall–Kier alpha value is -1.35. The van der Waals surface area contributed by atoms with Crippen molar-refractivity contribution in [2.24, 2.45) is 0 Å². The standard InChI is InChI=1S/C11H11ClO3/c12-10(6-7-13)11(14)15-8-9-4-2-1-3-5-9/h1-5,7,10H,6,8H2. The van der Waals surface area contributed by atoms with Crippen molar-refractivity contribution in [1.29, 1.82) is 0 Å². The van der Waals surface area contributed by atoms with Crippen LogP contribution in [0.2, 0.25) is 0 Å². The van der Waals surface area contributed by atoms with Crippen molar-refractivity contribution in [1.82, 2.24) is 0 Å². The average Bonchev–Trinajstić information content (AvgIpc) is 2.27. The zero-order valence-corrected chi connectivity index (χ0v) is 8.81. The zero-order chi connectivity index (χ0) is 11.1. The van der Waals surface area contributed by atoms with Crippen molar-refractivity contribution < 1.29 is 14.3 Å². The van der Waals surface area contributed by atoms with Gasteiger partial charge >= 0.3 is 5.97 Å². The number of hydrogen-bond acceptors (Lipinski definition) is 3. The Kier molecular flexibility index (Phi) is 4.84. The molecule has 80 valence electrons. The zero-order valence-electron chi connectivity index (χ0n) is 8.06. The van der Waals surface area contributed by atoms with Gasteiger partial charge in [0.2, 0.25) is 0 Å². The number of rotatable bonds is 5. The molecule has 1 rings (SSSR count). The SMILES string of the molecule is O=CCC(Cl)C(=O)OCc1ccccc1. The fourth-order valence-electron chi connectivity index (χ4n) is 1.000. The molecule has 0 amide bonds. The number of ether oxygens (including phenoxy) is 1.